The van der Waals surface area contributed by atoms with Crippen molar-refractivity contribution in [3.05, 3.63) is 56.7 Å². The van der Waals surface area contributed by atoms with E-state index in [1.807, 2.05) is 13.8 Å². The van der Waals surface area contributed by atoms with Crippen LogP contribution >= 0.6 is 11.8 Å². The third-order valence-electron chi connectivity index (χ3n) is 4.60. The number of para-hydroxylation sites is 1. The molecule has 0 fully saturated rings. The maximum Gasteiger partial charge on any atom is 0.332 e. The number of nitrogens with one attached hydrogen (secondary N) is 1. The molecule has 0 saturated heterocycles. The van der Waals surface area contributed by atoms with Crippen molar-refractivity contribution in [2.75, 3.05) is 5.32 Å². The molecule has 2 heterocycles. The molecule has 0 aliphatic heterocycles. The van der Waals surface area contributed by atoms with E-state index < -0.39 is 28.2 Å². The maximum absolute atomic E-state index is 13.9. The molecule has 0 aliphatic rings. The smallest absolute Gasteiger partial charge is 0.323 e. The van der Waals surface area contributed by atoms with Crippen LogP contribution in [0.4, 0.5) is 10.1 Å². The second kappa shape index (κ2) is 9.01. The Kier molecular flexibility index (Phi) is 6.59. The van der Waals surface area contributed by atoms with Crippen molar-refractivity contribution in [1.82, 2.24) is 19.1 Å². The van der Waals surface area contributed by atoms with Gasteiger partial charge >= 0.3 is 5.69 Å². The number of hydrogen-bond donors (Lipinski definition) is 1. The summed E-state index contributed by atoms with van der Waals surface area (Å²) in [5.41, 5.74) is -0.654. The Morgan fingerprint density at radius 1 is 1.19 bits per heavy atom. The number of amides is 1. The van der Waals surface area contributed by atoms with E-state index in [-0.39, 0.29) is 22.6 Å². The fourth-order valence-corrected chi connectivity index (χ4v) is 4.06. The molecule has 31 heavy (non-hydrogen) atoms. The summed E-state index contributed by atoms with van der Waals surface area (Å²) in [7, 11) is 1.41. The van der Waals surface area contributed by atoms with Gasteiger partial charge in [-0.2, -0.15) is 0 Å². The molecule has 1 N–H and O–H groups in total. The first-order chi connectivity index (χ1) is 14.6. The number of nitrogens with zero attached hydrogens (tertiary/aromatic N) is 4. The molecule has 1 aromatic carbocycles. The van der Waals surface area contributed by atoms with E-state index in [0.29, 0.717) is 17.4 Å². The molecule has 164 valence electrons. The van der Waals surface area contributed by atoms with E-state index in [1.165, 1.54) is 29.8 Å². The number of aryl methyl sites for hydroxylation is 1. The zero-order chi connectivity index (χ0) is 22.9. The molecule has 2 aromatic heterocycles. The minimum atomic E-state index is -0.688. The lowest BCUT2D eigenvalue weighted by atomic mass is 10.2. The Hall–Kier alpha value is -3.01. The van der Waals surface area contributed by atoms with Crippen LogP contribution in [0.3, 0.4) is 0 Å². The van der Waals surface area contributed by atoms with Crippen LogP contribution in [-0.4, -0.2) is 30.3 Å². The SMILES string of the molecule is Cc1nc(S[C@@H](C)C(=O)Nc2ccccc2F)c2c(=O)n(C)c(=O)n(CC(C)C)c2n1. The van der Waals surface area contributed by atoms with Crippen molar-refractivity contribution in [3.63, 3.8) is 0 Å². The Morgan fingerprint density at radius 3 is 2.52 bits per heavy atom. The zero-order valence-electron chi connectivity index (χ0n) is 18.0. The van der Waals surface area contributed by atoms with Gasteiger partial charge in [0.2, 0.25) is 5.91 Å². The van der Waals surface area contributed by atoms with E-state index in [0.717, 1.165) is 16.3 Å². The van der Waals surface area contributed by atoms with E-state index in [4.69, 9.17) is 0 Å². The molecular formula is C21H24FN5O3S. The third kappa shape index (κ3) is 4.68. The first-order valence-corrected chi connectivity index (χ1v) is 10.7. The van der Waals surface area contributed by atoms with E-state index >= 15 is 0 Å². The van der Waals surface area contributed by atoms with Crippen molar-refractivity contribution in [3.8, 4) is 0 Å². The maximum atomic E-state index is 13.9. The second-order valence-corrected chi connectivity index (χ2v) is 8.98. The summed E-state index contributed by atoms with van der Waals surface area (Å²) >= 11 is 1.06. The van der Waals surface area contributed by atoms with E-state index in [2.05, 4.69) is 15.3 Å². The number of benzene rings is 1. The van der Waals surface area contributed by atoms with Crippen molar-refractivity contribution in [1.29, 1.82) is 0 Å². The lowest BCUT2D eigenvalue weighted by Gasteiger charge is -2.16. The van der Waals surface area contributed by atoms with Gasteiger partial charge in [-0.05, 0) is 31.9 Å². The molecule has 1 amide bonds. The summed E-state index contributed by atoms with van der Waals surface area (Å²) in [6, 6.07) is 5.88. The fourth-order valence-electron chi connectivity index (χ4n) is 3.07. The summed E-state index contributed by atoms with van der Waals surface area (Å²) in [6.07, 6.45) is 0. The highest BCUT2D eigenvalue weighted by atomic mass is 32.2. The molecule has 0 spiro atoms. The van der Waals surface area contributed by atoms with Crippen LogP contribution in [0.15, 0.2) is 38.9 Å². The fraction of sp³-hybridized carbons (Fsp3) is 0.381. The van der Waals surface area contributed by atoms with Gasteiger partial charge in [0.15, 0.2) is 5.65 Å². The first-order valence-electron chi connectivity index (χ1n) is 9.80. The molecule has 0 aliphatic carbocycles. The number of carbonyl (C=O) groups excluding carboxylic acids is 1. The molecule has 1 atom stereocenters. The first kappa shape index (κ1) is 22.7. The normalized spacial score (nSPS) is 12.4. The van der Waals surface area contributed by atoms with Crippen LogP contribution in [0.5, 0.6) is 0 Å². The number of aromatic nitrogens is 4. The molecule has 0 radical (unpaired) electrons. The largest absolute Gasteiger partial charge is 0.332 e. The number of hydrogen-bond acceptors (Lipinski definition) is 6. The van der Waals surface area contributed by atoms with Crippen LogP contribution in [0.25, 0.3) is 11.0 Å². The van der Waals surface area contributed by atoms with Gasteiger partial charge in [0.25, 0.3) is 5.56 Å². The Balaban J connectivity index is 2.05. The van der Waals surface area contributed by atoms with Gasteiger partial charge in [-0.3, -0.25) is 18.7 Å². The van der Waals surface area contributed by atoms with Crippen LogP contribution in [-0.2, 0) is 18.4 Å². The summed E-state index contributed by atoms with van der Waals surface area (Å²) in [4.78, 5) is 47.0. The van der Waals surface area contributed by atoms with Crippen molar-refractivity contribution in [2.45, 2.75) is 44.5 Å². The molecule has 3 aromatic rings. The van der Waals surface area contributed by atoms with Crippen LogP contribution in [0.2, 0.25) is 0 Å². The summed E-state index contributed by atoms with van der Waals surface area (Å²) in [6.45, 7) is 7.60. The van der Waals surface area contributed by atoms with Gasteiger partial charge in [0.05, 0.1) is 10.9 Å². The number of rotatable bonds is 6. The number of carbonyl (C=O) groups is 1. The van der Waals surface area contributed by atoms with Gasteiger partial charge in [-0.25, -0.2) is 19.2 Å². The van der Waals surface area contributed by atoms with Gasteiger partial charge < -0.3 is 5.32 Å². The summed E-state index contributed by atoms with van der Waals surface area (Å²) in [5.74, 6) is -0.452. The molecular weight excluding hydrogens is 421 g/mol. The summed E-state index contributed by atoms with van der Waals surface area (Å²) in [5, 5.41) is 2.35. The predicted octanol–water partition coefficient (Wildman–Crippen LogP) is 2.71. The minimum absolute atomic E-state index is 0.0744. The van der Waals surface area contributed by atoms with Crippen LogP contribution < -0.4 is 16.6 Å². The third-order valence-corrected chi connectivity index (χ3v) is 5.68. The van der Waals surface area contributed by atoms with Gasteiger partial charge in [-0.1, -0.05) is 37.7 Å². The topological polar surface area (TPSA) is 98.9 Å². The lowest BCUT2D eigenvalue weighted by Crippen LogP contribution is -2.39. The second-order valence-electron chi connectivity index (χ2n) is 7.65. The summed E-state index contributed by atoms with van der Waals surface area (Å²) < 4.78 is 16.4. The Bertz CT molecular complexity index is 1270. The molecule has 0 unspecified atom stereocenters. The number of fused-ring (bicyclic) bond motifs is 1. The van der Waals surface area contributed by atoms with Crippen molar-refractivity contribution < 1.29 is 9.18 Å². The van der Waals surface area contributed by atoms with Gasteiger partial charge in [0.1, 0.15) is 22.1 Å². The number of thioether (sulfide) groups is 1. The molecule has 0 bridgehead atoms. The van der Waals surface area contributed by atoms with Gasteiger partial charge in [0, 0.05) is 13.6 Å². The molecule has 10 heteroatoms. The minimum Gasteiger partial charge on any atom is -0.323 e. The molecule has 8 nitrogen and oxygen atoms in total. The molecule has 3 rings (SSSR count). The number of halogens is 1. The highest BCUT2D eigenvalue weighted by Gasteiger charge is 2.23. The van der Waals surface area contributed by atoms with E-state index in [9.17, 15) is 18.8 Å². The van der Waals surface area contributed by atoms with Crippen molar-refractivity contribution in [2.24, 2.45) is 13.0 Å². The highest BCUT2D eigenvalue weighted by Crippen LogP contribution is 2.27. The lowest BCUT2D eigenvalue weighted by molar-refractivity contribution is -0.115. The number of anilines is 1. The quantitative estimate of drug-likeness (QED) is 0.463. The van der Waals surface area contributed by atoms with E-state index in [1.54, 1.807) is 19.9 Å². The monoisotopic (exact) mass is 445 g/mol. The predicted molar refractivity (Wildman–Crippen MR) is 119 cm³/mol. The Labute approximate surface area is 182 Å². The standard InChI is InChI=1S/C21H24FN5O3S/c1-11(2)10-27-17-16(20(29)26(5)21(27)30)19(24-13(4)23-17)31-12(3)18(28)25-15-9-7-6-8-14(15)22/h6-9,11-12H,10H2,1-5H3,(H,25,28)/t12-/m0/s1. The van der Waals surface area contributed by atoms with Gasteiger partial charge in [-0.15, -0.1) is 0 Å². The highest BCUT2D eigenvalue weighted by molar-refractivity contribution is 8.00. The Morgan fingerprint density at radius 2 is 1.87 bits per heavy atom. The van der Waals surface area contributed by atoms with Crippen LogP contribution in [0.1, 0.15) is 26.6 Å². The average molecular weight is 446 g/mol. The average Bonchev–Trinajstić information content (AvgIpc) is 2.70. The molecule has 0 saturated carbocycles. The van der Waals surface area contributed by atoms with Crippen molar-refractivity contribution >= 4 is 34.4 Å². The van der Waals surface area contributed by atoms with Crippen LogP contribution in [0, 0.1) is 18.7 Å². The zero-order valence-corrected chi connectivity index (χ0v) is 18.8.